The zero-order valence-corrected chi connectivity index (χ0v) is 12.9. The molecular weight excluding hydrogens is 335 g/mol. The maximum absolute atomic E-state index is 13.0. The van der Waals surface area contributed by atoms with Crippen molar-refractivity contribution in [1.82, 2.24) is 9.97 Å². The van der Waals surface area contributed by atoms with Crippen molar-refractivity contribution in [2.45, 2.75) is 23.9 Å². The number of hydrogen-bond acceptors (Lipinski definition) is 4. The fourth-order valence-electron chi connectivity index (χ4n) is 1.72. The first-order chi connectivity index (χ1) is 10.3. The van der Waals surface area contributed by atoms with Crippen LogP contribution in [0, 0.1) is 18.3 Å². The first-order valence-electron chi connectivity index (χ1n) is 6.03. The van der Waals surface area contributed by atoms with Crippen LogP contribution in [0.5, 0.6) is 0 Å². The third kappa shape index (κ3) is 3.90. The lowest BCUT2D eigenvalue weighted by molar-refractivity contribution is -0.138. The zero-order valence-electron chi connectivity index (χ0n) is 11.3. The smallest absolute Gasteiger partial charge is 0.245 e. The van der Waals surface area contributed by atoms with Crippen LogP contribution in [-0.4, -0.2) is 9.97 Å². The van der Waals surface area contributed by atoms with Crippen LogP contribution in [0.2, 0.25) is 5.15 Å². The highest BCUT2D eigenvalue weighted by Gasteiger charge is 2.35. The van der Waals surface area contributed by atoms with Gasteiger partial charge >= 0.3 is 6.18 Å². The van der Waals surface area contributed by atoms with Crippen LogP contribution >= 0.6 is 23.4 Å². The van der Waals surface area contributed by atoms with Gasteiger partial charge in [-0.3, -0.25) is 0 Å². The van der Waals surface area contributed by atoms with Crippen molar-refractivity contribution in [3.63, 3.8) is 0 Å². The number of thioether (sulfide) groups is 1. The number of hydrogen-bond donors (Lipinski definition) is 0. The SMILES string of the molecule is Cc1cc(C(F)(F)F)c(C#N)c(SCc2ccc(Cl)nc2)n1. The lowest BCUT2D eigenvalue weighted by atomic mass is 10.1. The van der Waals surface area contributed by atoms with Crippen LogP contribution in [0.1, 0.15) is 22.4 Å². The third-order valence-electron chi connectivity index (χ3n) is 2.70. The summed E-state index contributed by atoms with van der Waals surface area (Å²) in [7, 11) is 0. The molecule has 3 nitrogen and oxygen atoms in total. The normalized spacial score (nSPS) is 11.3. The highest BCUT2D eigenvalue weighted by Crippen LogP contribution is 2.36. The van der Waals surface area contributed by atoms with Gasteiger partial charge in [0.2, 0.25) is 0 Å². The molecule has 0 aliphatic carbocycles. The summed E-state index contributed by atoms with van der Waals surface area (Å²) in [6.07, 6.45) is -3.06. The van der Waals surface area contributed by atoms with Crippen LogP contribution in [0.25, 0.3) is 0 Å². The third-order valence-corrected chi connectivity index (χ3v) is 3.97. The lowest BCUT2D eigenvalue weighted by Gasteiger charge is -2.12. The minimum atomic E-state index is -4.59. The lowest BCUT2D eigenvalue weighted by Crippen LogP contribution is -2.10. The van der Waals surface area contributed by atoms with Crippen molar-refractivity contribution in [2.24, 2.45) is 0 Å². The summed E-state index contributed by atoms with van der Waals surface area (Å²) >= 11 is 6.73. The first kappa shape index (κ1) is 16.6. The van der Waals surface area contributed by atoms with Crippen molar-refractivity contribution in [3.05, 3.63) is 51.9 Å². The molecule has 0 spiro atoms. The molecular formula is C14H9ClF3N3S. The molecule has 0 amide bonds. The van der Waals surface area contributed by atoms with Crippen molar-refractivity contribution >= 4 is 23.4 Å². The van der Waals surface area contributed by atoms with E-state index in [4.69, 9.17) is 16.9 Å². The van der Waals surface area contributed by atoms with Crippen molar-refractivity contribution in [1.29, 1.82) is 5.26 Å². The van der Waals surface area contributed by atoms with Crippen molar-refractivity contribution in [3.8, 4) is 6.07 Å². The van der Waals surface area contributed by atoms with Gasteiger partial charge in [0.05, 0.1) is 11.1 Å². The predicted molar refractivity (Wildman–Crippen MR) is 77.5 cm³/mol. The number of alkyl halides is 3. The van der Waals surface area contributed by atoms with Gasteiger partial charge in [-0.15, -0.1) is 11.8 Å². The number of aryl methyl sites for hydroxylation is 1. The summed E-state index contributed by atoms with van der Waals surface area (Å²) in [6, 6.07) is 5.79. The summed E-state index contributed by atoms with van der Waals surface area (Å²) in [5.41, 5.74) is -0.428. The number of nitrogens with zero attached hydrogens (tertiary/aromatic N) is 3. The van der Waals surface area contributed by atoms with Gasteiger partial charge in [0.15, 0.2) is 0 Å². The van der Waals surface area contributed by atoms with Crippen molar-refractivity contribution in [2.75, 3.05) is 0 Å². The van der Waals surface area contributed by atoms with E-state index in [9.17, 15) is 13.2 Å². The fraction of sp³-hybridized carbons (Fsp3) is 0.214. The molecule has 0 aliphatic rings. The van der Waals surface area contributed by atoms with Crippen LogP contribution in [0.4, 0.5) is 13.2 Å². The minimum Gasteiger partial charge on any atom is -0.245 e. The molecule has 0 atom stereocenters. The van der Waals surface area contributed by atoms with Gasteiger partial charge in [0.25, 0.3) is 0 Å². The molecule has 0 saturated carbocycles. The molecule has 2 aromatic rings. The number of rotatable bonds is 3. The Labute approximate surface area is 134 Å². The molecule has 0 aliphatic heterocycles. The van der Waals surface area contributed by atoms with E-state index in [0.717, 1.165) is 23.4 Å². The van der Waals surface area contributed by atoms with E-state index in [-0.39, 0.29) is 10.7 Å². The minimum absolute atomic E-state index is 0.0600. The summed E-state index contributed by atoms with van der Waals surface area (Å²) in [6.45, 7) is 1.46. The average Bonchev–Trinajstić information content (AvgIpc) is 2.45. The maximum atomic E-state index is 13.0. The van der Waals surface area contributed by atoms with E-state index >= 15 is 0 Å². The molecule has 0 bridgehead atoms. The van der Waals surface area contributed by atoms with Crippen LogP contribution in [0.3, 0.4) is 0 Å². The summed E-state index contributed by atoms with van der Waals surface area (Å²) in [5.74, 6) is 0.340. The maximum Gasteiger partial charge on any atom is 0.417 e. The van der Waals surface area contributed by atoms with Crippen LogP contribution < -0.4 is 0 Å². The van der Waals surface area contributed by atoms with Gasteiger partial charge in [0.1, 0.15) is 16.2 Å². The molecule has 22 heavy (non-hydrogen) atoms. The van der Waals surface area contributed by atoms with Gasteiger partial charge in [-0.25, -0.2) is 9.97 Å². The van der Waals surface area contributed by atoms with Gasteiger partial charge in [-0.1, -0.05) is 17.7 Å². The second-order valence-electron chi connectivity index (χ2n) is 4.38. The molecule has 0 unspecified atom stereocenters. The van der Waals surface area contributed by atoms with E-state index in [1.165, 1.54) is 13.1 Å². The number of aromatic nitrogens is 2. The Morgan fingerprint density at radius 2 is 2.09 bits per heavy atom. The Kier molecular flexibility index (Phi) is 4.94. The topological polar surface area (TPSA) is 49.6 Å². The van der Waals surface area contributed by atoms with E-state index in [2.05, 4.69) is 9.97 Å². The Morgan fingerprint density at radius 1 is 1.36 bits per heavy atom. The highest BCUT2D eigenvalue weighted by molar-refractivity contribution is 7.98. The molecule has 114 valence electrons. The molecule has 0 saturated heterocycles. The fourth-order valence-corrected chi connectivity index (χ4v) is 2.82. The van der Waals surface area contributed by atoms with Crippen LogP contribution in [0.15, 0.2) is 29.4 Å². The van der Waals surface area contributed by atoms with Gasteiger partial charge in [0, 0.05) is 17.6 Å². The molecule has 2 rings (SSSR count). The van der Waals surface area contributed by atoms with Crippen molar-refractivity contribution < 1.29 is 13.2 Å². The summed E-state index contributed by atoms with van der Waals surface area (Å²) in [5, 5.41) is 9.45. The molecule has 0 fully saturated rings. The van der Waals surface area contributed by atoms with Gasteiger partial charge < -0.3 is 0 Å². The van der Waals surface area contributed by atoms with Gasteiger partial charge in [-0.2, -0.15) is 18.4 Å². The predicted octanol–water partition coefficient (Wildman–Crippen LogP) is 4.62. The summed E-state index contributed by atoms with van der Waals surface area (Å²) in [4.78, 5) is 7.94. The van der Waals surface area contributed by atoms with E-state index in [1.54, 1.807) is 18.2 Å². The van der Waals surface area contributed by atoms with E-state index < -0.39 is 17.3 Å². The molecule has 2 heterocycles. The van der Waals surface area contributed by atoms with Gasteiger partial charge in [-0.05, 0) is 24.6 Å². The largest absolute Gasteiger partial charge is 0.417 e. The first-order valence-corrected chi connectivity index (χ1v) is 7.40. The Balaban J connectivity index is 2.33. The number of nitriles is 1. The monoisotopic (exact) mass is 343 g/mol. The molecule has 0 N–H and O–H groups in total. The number of halogens is 4. The zero-order chi connectivity index (χ0) is 16.3. The molecule has 0 aromatic carbocycles. The second kappa shape index (κ2) is 6.55. The second-order valence-corrected chi connectivity index (χ2v) is 5.73. The quantitative estimate of drug-likeness (QED) is 0.602. The Hall–Kier alpha value is -1.78. The number of pyridine rings is 2. The summed E-state index contributed by atoms with van der Waals surface area (Å²) < 4.78 is 39.0. The molecule has 8 heteroatoms. The van der Waals surface area contributed by atoms with E-state index in [0.29, 0.717) is 10.9 Å². The average molecular weight is 344 g/mol. The molecule has 2 aromatic heterocycles. The van der Waals surface area contributed by atoms with Crippen LogP contribution in [-0.2, 0) is 11.9 Å². The Morgan fingerprint density at radius 3 is 2.64 bits per heavy atom. The highest BCUT2D eigenvalue weighted by atomic mass is 35.5. The Bertz CT molecular complexity index is 724. The standard InChI is InChI=1S/C14H9ClF3N3S/c1-8-4-11(14(16,17)18)10(5-19)13(21-8)22-7-9-2-3-12(15)20-6-9/h2-4,6H,7H2,1H3. The van der Waals surface area contributed by atoms with E-state index in [1.807, 2.05) is 0 Å². The molecule has 0 radical (unpaired) electrons.